The Balaban J connectivity index is 4.10. The SMILES string of the molecule is CC(C)CN=NC(C(=N)N)C(C)C. The fourth-order valence-corrected chi connectivity index (χ4v) is 0.853. The highest BCUT2D eigenvalue weighted by atomic mass is 15.1. The van der Waals surface area contributed by atoms with Crippen molar-refractivity contribution >= 4 is 5.84 Å². The Morgan fingerprint density at radius 3 is 2.15 bits per heavy atom. The van der Waals surface area contributed by atoms with Gasteiger partial charge in [-0.1, -0.05) is 27.7 Å². The highest BCUT2D eigenvalue weighted by molar-refractivity contribution is 5.82. The molecule has 0 aliphatic heterocycles. The van der Waals surface area contributed by atoms with Crippen LogP contribution < -0.4 is 5.73 Å². The second-order valence-electron chi connectivity index (χ2n) is 3.98. The fourth-order valence-electron chi connectivity index (χ4n) is 0.853. The molecule has 4 heteroatoms. The van der Waals surface area contributed by atoms with Crippen molar-refractivity contribution in [3.05, 3.63) is 0 Å². The molecule has 1 unspecified atom stereocenters. The highest BCUT2D eigenvalue weighted by Crippen LogP contribution is 2.06. The van der Waals surface area contributed by atoms with Gasteiger partial charge in [0.2, 0.25) is 0 Å². The Morgan fingerprint density at radius 1 is 1.31 bits per heavy atom. The monoisotopic (exact) mass is 184 g/mol. The Morgan fingerprint density at radius 2 is 1.85 bits per heavy atom. The van der Waals surface area contributed by atoms with Gasteiger partial charge in [0.25, 0.3) is 0 Å². The summed E-state index contributed by atoms with van der Waals surface area (Å²) in [5.41, 5.74) is 5.38. The third-order valence-electron chi connectivity index (χ3n) is 1.60. The number of amidine groups is 1. The Kier molecular flexibility index (Phi) is 5.26. The van der Waals surface area contributed by atoms with Crippen molar-refractivity contribution in [3.8, 4) is 0 Å². The largest absolute Gasteiger partial charge is 0.386 e. The Bertz CT molecular complexity index is 184. The summed E-state index contributed by atoms with van der Waals surface area (Å²) in [6.45, 7) is 8.84. The first kappa shape index (κ1) is 12.1. The molecule has 0 bridgehead atoms. The maximum absolute atomic E-state index is 7.29. The van der Waals surface area contributed by atoms with Crippen molar-refractivity contribution in [2.75, 3.05) is 6.54 Å². The number of rotatable bonds is 5. The number of nitrogens with zero attached hydrogens (tertiary/aromatic N) is 2. The van der Waals surface area contributed by atoms with Crippen LogP contribution in [-0.2, 0) is 0 Å². The lowest BCUT2D eigenvalue weighted by Gasteiger charge is -2.12. The summed E-state index contributed by atoms with van der Waals surface area (Å²) in [7, 11) is 0. The molecule has 1 atom stereocenters. The summed E-state index contributed by atoms with van der Waals surface area (Å²) in [5.74, 6) is 0.847. The van der Waals surface area contributed by atoms with E-state index in [2.05, 4.69) is 24.1 Å². The first-order valence-electron chi connectivity index (χ1n) is 4.65. The van der Waals surface area contributed by atoms with E-state index in [1.807, 2.05) is 13.8 Å². The summed E-state index contributed by atoms with van der Waals surface area (Å²) in [6, 6.07) is -0.251. The highest BCUT2D eigenvalue weighted by Gasteiger charge is 2.14. The van der Waals surface area contributed by atoms with Crippen LogP contribution in [0.3, 0.4) is 0 Å². The molecule has 0 spiro atoms. The van der Waals surface area contributed by atoms with Crippen LogP contribution in [0.15, 0.2) is 10.2 Å². The van der Waals surface area contributed by atoms with Crippen LogP contribution in [0.1, 0.15) is 27.7 Å². The van der Waals surface area contributed by atoms with Crippen molar-refractivity contribution < 1.29 is 0 Å². The molecule has 0 saturated carbocycles. The molecule has 0 aromatic carbocycles. The molecule has 4 nitrogen and oxygen atoms in total. The van der Waals surface area contributed by atoms with Gasteiger partial charge in [-0.2, -0.15) is 10.2 Å². The van der Waals surface area contributed by atoms with Gasteiger partial charge in [-0.15, -0.1) is 0 Å². The molecule has 0 aromatic rings. The van der Waals surface area contributed by atoms with Gasteiger partial charge in [-0.25, -0.2) is 0 Å². The number of nitrogens with two attached hydrogens (primary N) is 1. The smallest absolute Gasteiger partial charge is 0.129 e. The van der Waals surface area contributed by atoms with Gasteiger partial charge in [0.15, 0.2) is 0 Å². The molecule has 13 heavy (non-hydrogen) atoms. The van der Waals surface area contributed by atoms with E-state index in [-0.39, 0.29) is 17.8 Å². The Labute approximate surface area is 80.1 Å². The average molecular weight is 184 g/mol. The Hall–Kier alpha value is -0.930. The molecule has 0 radical (unpaired) electrons. The topological polar surface area (TPSA) is 74.6 Å². The summed E-state index contributed by atoms with van der Waals surface area (Å²) in [6.07, 6.45) is 0. The maximum atomic E-state index is 7.29. The molecule has 3 N–H and O–H groups in total. The fraction of sp³-hybridized carbons (Fsp3) is 0.889. The molecule has 0 aliphatic rings. The number of nitrogens with one attached hydrogen (secondary N) is 1. The number of hydrogen-bond donors (Lipinski definition) is 2. The van der Waals surface area contributed by atoms with Crippen molar-refractivity contribution in [2.45, 2.75) is 33.7 Å². The molecule has 0 fully saturated rings. The van der Waals surface area contributed by atoms with Crippen molar-refractivity contribution in [1.82, 2.24) is 0 Å². The molecular formula is C9H20N4. The first-order chi connectivity index (χ1) is 5.95. The summed E-state index contributed by atoms with van der Waals surface area (Å²) in [5, 5.41) is 15.3. The van der Waals surface area contributed by atoms with E-state index in [4.69, 9.17) is 11.1 Å². The molecule has 0 amide bonds. The van der Waals surface area contributed by atoms with Gasteiger partial charge in [0.05, 0.1) is 6.54 Å². The van der Waals surface area contributed by atoms with Crippen molar-refractivity contribution in [1.29, 1.82) is 5.41 Å². The van der Waals surface area contributed by atoms with E-state index in [0.717, 1.165) is 0 Å². The lowest BCUT2D eigenvalue weighted by molar-refractivity contribution is 0.546. The summed E-state index contributed by atoms with van der Waals surface area (Å²) >= 11 is 0. The van der Waals surface area contributed by atoms with Gasteiger partial charge in [0.1, 0.15) is 11.9 Å². The van der Waals surface area contributed by atoms with E-state index in [0.29, 0.717) is 12.5 Å². The average Bonchev–Trinajstić information content (AvgIpc) is 1.95. The predicted octanol–water partition coefficient (Wildman–Crippen LogP) is 2.06. The third-order valence-corrected chi connectivity index (χ3v) is 1.60. The van der Waals surface area contributed by atoms with Crippen molar-refractivity contribution in [3.63, 3.8) is 0 Å². The van der Waals surface area contributed by atoms with Gasteiger partial charge in [-0.3, -0.25) is 5.41 Å². The maximum Gasteiger partial charge on any atom is 0.129 e. The normalized spacial score (nSPS) is 14.3. The van der Waals surface area contributed by atoms with Gasteiger partial charge < -0.3 is 5.73 Å². The van der Waals surface area contributed by atoms with Crippen LogP contribution in [0.25, 0.3) is 0 Å². The van der Waals surface area contributed by atoms with E-state index < -0.39 is 0 Å². The molecular weight excluding hydrogens is 164 g/mol. The molecule has 0 saturated heterocycles. The predicted molar refractivity (Wildman–Crippen MR) is 55.1 cm³/mol. The van der Waals surface area contributed by atoms with Crippen LogP contribution in [0.2, 0.25) is 0 Å². The molecule has 0 aromatic heterocycles. The molecule has 0 rings (SSSR count). The zero-order valence-corrected chi connectivity index (χ0v) is 8.91. The number of azo groups is 1. The zero-order chi connectivity index (χ0) is 10.4. The summed E-state index contributed by atoms with van der Waals surface area (Å²) in [4.78, 5) is 0. The van der Waals surface area contributed by atoms with Crippen molar-refractivity contribution in [2.24, 2.45) is 27.8 Å². The molecule has 0 aliphatic carbocycles. The standard InChI is InChI=1S/C9H20N4/c1-6(2)5-12-13-8(7(3)4)9(10)11/h6-8H,5H2,1-4H3,(H3,10,11). The third kappa shape index (κ3) is 5.33. The quantitative estimate of drug-likeness (QED) is 0.383. The van der Waals surface area contributed by atoms with E-state index in [9.17, 15) is 0 Å². The van der Waals surface area contributed by atoms with Crippen LogP contribution >= 0.6 is 0 Å². The lowest BCUT2D eigenvalue weighted by atomic mass is 10.1. The zero-order valence-electron chi connectivity index (χ0n) is 8.91. The second-order valence-corrected chi connectivity index (χ2v) is 3.98. The van der Waals surface area contributed by atoms with E-state index >= 15 is 0 Å². The molecule has 76 valence electrons. The van der Waals surface area contributed by atoms with E-state index in [1.54, 1.807) is 0 Å². The second kappa shape index (κ2) is 5.67. The van der Waals surface area contributed by atoms with Gasteiger partial charge in [-0.05, 0) is 11.8 Å². The van der Waals surface area contributed by atoms with Crippen LogP contribution in [-0.4, -0.2) is 18.4 Å². The first-order valence-corrected chi connectivity index (χ1v) is 4.65. The minimum Gasteiger partial charge on any atom is -0.386 e. The minimum atomic E-state index is -0.251. The van der Waals surface area contributed by atoms with E-state index in [1.165, 1.54) is 0 Å². The van der Waals surface area contributed by atoms with Crippen LogP contribution in [0.4, 0.5) is 0 Å². The van der Waals surface area contributed by atoms with Crippen LogP contribution in [0.5, 0.6) is 0 Å². The minimum absolute atomic E-state index is 0.0995. The lowest BCUT2D eigenvalue weighted by Crippen LogP contribution is -2.30. The molecule has 0 heterocycles. The summed E-state index contributed by atoms with van der Waals surface area (Å²) < 4.78 is 0. The van der Waals surface area contributed by atoms with Crippen LogP contribution in [0, 0.1) is 17.2 Å². The van der Waals surface area contributed by atoms with Gasteiger partial charge >= 0.3 is 0 Å². The van der Waals surface area contributed by atoms with Gasteiger partial charge in [0, 0.05) is 0 Å². The number of hydrogen-bond acceptors (Lipinski definition) is 3.